The molecule has 166 valence electrons. The second-order valence-corrected chi connectivity index (χ2v) is 8.41. The molecular formula is C28H18Cl2N2O2. The van der Waals surface area contributed by atoms with Crippen LogP contribution in [0, 0.1) is 0 Å². The van der Waals surface area contributed by atoms with Gasteiger partial charge in [-0.25, -0.2) is 9.78 Å². The molecule has 5 aromatic rings. The predicted molar refractivity (Wildman–Crippen MR) is 137 cm³/mol. The number of fused-ring (bicyclic) bond motifs is 1. The zero-order chi connectivity index (χ0) is 23.5. The smallest absolute Gasteiger partial charge is 0.344 e. The van der Waals surface area contributed by atoms with Crippen LogP contribution in [0.4, 0.5) is 0 Å². The molecule has 4 nitrogen and oxygen atoms in total. The minimum atomic E-state index is -0.517. The second-order valence-electron chi connectivity index (χ2n) is 7.54. The molecule has 0 saturated heterocycles. The van der Waals surface area contributed by atoms with Gasteiger partial charge in [-0.1, -0.05) is 65.7 Å². The van der Waals surface area contributed by atoms with Crippen LogP contribution < -0.4 is 4.74 Å². The average Bonchev–Trinajstić information content (AvgIpc) is 3.23. The van der Waals surface area contributed by atoms with Crippen LogP contribution in [-0.4, -0.2) is 15.5 Å². The summed E-state index contributed by atoms with van der Waals surface area (Å²) in [6.45, 7) is 0. The molecule has 34 heavy (non-hydrogen) atoms. The molecule has 0 spiro atoms. The lowest BCUT2D eigenvalue weighted by molar-refractivity contribution is -0.127. The molecule has 0 aliphatic carbocycles. The maximum absolute atomic E-state index is 13.4. The van der Waals surface area contributed by atoms with Gasteiger partial charge in [0.1, 0.15) is 11.6 Å². The Morgan fingerprint density at radius 1 is 0.765 bits per heavy atom. The van der Waals surface area contributed by atoms with Crippen LogP contribution in [0.15, 0.2) is 103 Å². The normalized spacial score (nSPS) is 11.5. The fourth-order valence-corrected chi connectivity index (χ4v) is 3.93. The molecule has 5 rings (SSSR count). The van der Waals surface area contributed by atoms with E-state index in [0.29, 0.717) is 32.8 Å². The van der Waals surface area contributed by atoms with Gasteiger partial charge in [-0.2, -0.15) is 0 Å². The Hall–Kier alpha value is -3.86. The first-order valence-corrected chi connectivity index (χ1v) is 11.3. The summed E-state index contributed by atoms with van der Waals surface area (Å²) in [6, 6.07) is 31.4. The van der Waals surface area contributed by atoms with E-state index in [2.05, 4.69) is 0 Å². The van der Waals surface area contributed by atoms with E-state index in [1.807, 2.05) is 59.2 Å². The van der Waals surface area contributed by atoms with Crippen LogP contribution in [0.2, 0.25) is 10.0 Å². The van der Waals surface area contributed by atoms with E-state index in [-0.39, 0.29) is 0 Å². The number of imidazole rings is 1. The van der Waals surface area contributed by atoms with Crippen molar-refractivity contribution in [3.8, 4) is 11.4 Å². The van der Waals surface area contributed by atoms with Crippen molar-refractivity contribution >= 4 is 51.9 Å². The van der Waals surface area contributed by atoms with Gasteiger partial charge >= 0.3 is 5.97 Å². The maximum Gasteiger partial charge on any atom is 0.344 e. The third-order valence-corrected chi connectivity index (χ3v) is 5.78. The summed E-state index contributed by atoms with van der Waals surface area (Å²) in [4.78, 5) is 18.2. The van der Waals surface area contributed by atoms with Crippen molar-refractivity contribution in [1.82, 2.24) is 9.55 Å². The number of esters is 1. The van der Waals surface area contributed by atoms with Crippen molar-refractivity contribution in [2.24, 2.45) is 0 Å². The van der Waals surface area contributed by atoms with Gasteiger partial charge in [0.2, 0.25) is 0 Å². The summed E-state index contributed by atoms with van der Waals surface area (Å²) >= 11 is 12.1. The molecule has 1 heterocycles. The van der Waals surface area contributed by atoms with Crippen molar-refractivity contribution in [1.29, 1.82) is 0 Å². The molecule has 0 aliphatic heterocycles. The number of ether oxygens (including phenoxy) is 1. The predicted octanol–water partition coefficient (Wildman–Crippen LogP) is 7.48. The Morgan fingerprint density at radius 2 is 1.38 bits per heavy atom. The molecule has 0 unspecified atom stereocenters. The first-order valence-electron chi connectivity index (χ1n) is 10.6. The number of halogens is 2. The molecule has 0 radical (unpaired) electrons. The van der Waals surface area contributed by atoms with E-state index >= 15 is 0 Å². The Bertz CT molecular complexity index is 1490. The highest BCUT2D eigenvalue weighted by atomic mass is 35.5. The second kappa shape index (κ2) is 9.56. The molecule has 1 aromatic heterocycles. The number of para-hydroxylation sites is 3. The minimum Gasteiger partial charge on any atom is -0.423 e. The van der Waals surface area contributed by atoms with Crippen LogP contribution in [0.3, 0.4) is 0 Å². The average molecular weight is 485 g/mol. The van der Waals surface area contributed by atoms with E-state index in [4.69, 9.17) is 32.9 Å². The summed E-state index contributed by atoms with van der Waals surface area (Å²) in [5.74, 6) is 0.479. The van der Waals surface area contributed by atoms with Crippen molar-refractivity contribution in [2.45, 2.75) is 0 Å². The molecule has 0 amide bonds. The summed E-state index contributed by atoms with van der Waals surface area (Å²) in [5.41, 5.74) is 3.69. The van der Waals surface area contributed by atoms with E-state index in [1.165, 1.54) is 0 Å². The third kappa shape index (κ3) is 4.60. The van der Waals surface area contributed by atoms with Crippen LogP contribution in [0.5, 0.6) is 5.75 Å². The molecule has 4 aromatic carbocycles. The molecular weight excluding hydrogens is 467 g/mol. The first-order chi connectivity index (χ1) is 16.6. The first kappa shape index (κ1) is 22.0. The van der Waals surface area contributed by atoms with E-state index in [1.54, 1.807) is 54.6 Å². The number of aromatic nitrogens is 2. The third-order valence-electron chi connectivity index (χ3n) is 5.27. The highest BCUT2D eigenvalue weighted by Crippen LogP contribution is 2.27. The summed E-state index contributed by atoms with van der Waals surface area (Å²) in [5, 5.41) is 1.13. The highest BCUT2D eigenvalue weighted by Gasteiger charge is 2.18. The lowest BCUT2D eigenvalue weighted by Crippen LogP contribution is -2.11. The van der Waals surface area contributed by atoms with Crippen LogP contribution in [-0.2, 0) is 4.79 Å². The van der Waals surface area contributed by atoms with Crippen LogP contribution >= 0.6 is 23.2 Å². The Labute approximate surface area is 206 Å². The molecule has 0 saturated carbocycles. The Morgan fingerprint density at radius 3 is 2.09 bits per heavy atom. The quantitative estimate of drug-likeness (QED) is 0.147. The summed E-state index contributed by atoms with van der Waals surface area (Å²) in [7, 11) is 0. The highest BCUT2D eigenvalue weighted by molar-refractivity contribution is 6.31. The van der Waals surface area contributed by atoms with Gasteiger partial charge in [0.05, 0.1) is 16.6 Å². The van der Waals surface area contributed by atoms with Gasteiger partial charge in [-0.05, 0) is 72.3 Å². The van der Waals surface area contributed by atoms with Gasteiger partial charge in [-0.3, -0.25) is 4.57 Å². The number of carbonyl (C=O) groups excluding carboxylic acids is 1. The lowest BCUT2D eigenvalue weighted by Gasteiger charge is -2.11. The van der Waals surface area contributed by atoms with Crippen molar-refractivity contribution in [3.05, 3.63) is 125 Å². The summed E-state index contributed by atoms with van der Waals surface area (Å²) in [6.07, 6.45) is 1.74. The van der Waals surface area contributed by atoms with E-state index in [9.17, 15) is 4.79 Å². The number of nitrogens with zero attached hydrogens (tertiary/aromatic N) is 2. The number of carbonyl (C=O) groups is 1. The zero-order valence-corrected chi connectivity index (χ0v) is 19.4. The number of rotatable bonds is 5. The Balaban J connectivity index is 1.66. The number of hydrogen-bond donors (Lipinski definition) is 0. The zero-order valence-electron chi connectivity index (χ0n) is 17.9. The Kier molecular flexibility index (Phi) is 6.17. The lowest BCUT2D eigenvalue weighted by atomic mass is 10.1. The minimum absolute atomic E-state index is 0.346. The molecule has 6 heteroatoms. The van der Waals surface area contributed by atoms with Crippen molar-refractivity contribution in [2.75, 3.05) is 0 Å². The van der Waals surface area contributed by atoms with E-state index in [0.717, 1.165) is 16.7 Å². The van der Waals surface area contributed by atoms with Gasteiger partial charge in [0, 0.05) is 15.7 Å². The molecule has 0 N–H and O–H groups in total. The van der Waals surface area contributed by atoms with Gasteiger partial charge in [-0.15, -0.1) is 0 Å². The van der Waals surface area contributed by atoms with Crippen LogP contribution in [0.1, 0.15) is 11.4 Å². The van der Waals surface area contributed by atoms with Gasteiger partial charge in [0.25, 0.3) is 0 Å². The maximum atomic E-state index is 13.4. The monoisotopic (exact) mass is 484 g/mol. The molecule has 0 bridgehead atoms. The topological polar surface area (TPSA) is 44.1 Å². The van der Waals surface area contributed by atoms with Crippen LogP contribution in [0.25, 0.3) is 28.4 Å². The molecule has 0 aliphatic rings. The van der Waals surface area contributed by atoms with Crippen molar-refractivity contribution in [3.63, 3.8) is 0 Å². The number of benzene rings is 4. The van der Waals surface area contributed by atoms with Gasteiger partial charge in [0.15, 0.2) is 0 Å². The fourth-order valence-electron chi connectivity index (χ4n) is 3.67. The number of hydrogen-bond acceptors (Lipinski definition) is 3. The van der Waals surface area contributed by atoms with E-state index < -0.39 is 5.97 Å². The fraction of sp³-hybridized carbons (Fsp3) is 0. The largest absolute Gasteiger partial charge is 0.423 e. The SMILES string of the molecule is O=C(Oc1ccc(Cl)cc1)C(=Cc1nc2ccccc2n1-c1ccccc1)c1ccc(Cl)cc1. The standard InChI is InChI=1S/C28H18Cl2N2O2/c29-20-12-10-19(11-13-20)24(28(33)34-23-16-14-21(30)15-17-23)18-27-31-25-8-4-5-9-26(25)32(27)22-6-2-1-3-7-22/h1-18H. The van der Waals surface area contributed by atoms with Crippen molar-refractivity contribution < 1.29 is 9.53 Å². The molecule has 0 fully saturated rings. The molecule has 0 atom stereocenters. The summed E-state index contributed by atoms with van der Waals surface area (Å²) < 4.78 is 7.69. The van der Waals surface area contributed by atoms with Gasteiger partial charge < -0.3 is 4.74 Å².